The van der Waals surface area contributed by atoms with Crippen LogP contribution in [0.3, 0.4) is 0 Å². The van der Waals surface area contributed by atoms with Crippen LogP contribution in [0, 0.1) is 17.8 Å². The molecular weight excluding hydrogens is 320 g/mol. The average molecular weight is 337 g/mol. The lowest BCUT2D eigenvalue weighted by molar-refractivity contribution is -0.141. The van der Waals surface area contributed by atoms with Crippen molar-refractivity contribution in [2.75, 3.05) is 0 Å². The molecule has 2 heterocycles. The fourth-order valence-corrected chi connectivity index (χ4v) is 3.82. The van der Waals surface area contributed by atoms with Crippen LogP contribution in [0.4, 0.5) is 0 Å². The number of imide groups is 1. The number of amides is 2. The molecule has 20 heavy (non-hydrogen) atoms. The van der Waals surface area contributed by atoms with Gasteiger partial charge < -0.3 is 0 Å². The first-order valence-corrected chi connectivity index (χ1v) is 7.84. The third-order valence-corrected chi connectivity index (χ3v) is 4.94. The van der Waals surface area contributed by atoms with E-state index in [0.29, 0.717) is 12.5 Å². The maximum Gasteiger partial charge on any atom is 0.233 e. The fourth-order valence-electron chi connectivity index (χ4n) is 3.41. The van der Waals surface area contributed by atoms with E-state index in [-0.39, 0.29) is 23.7 Å². The normalized spacial score (nSPS) is 29.1. The summed E-state index contributed by atoms with van der Waals surface area (Å²) >= 11 is 3.36. The van der Waals surface area contributed by atoms with Gasteiger partial charge in [0.2, 0.25) is 11.8 Å². The zero-order valence-electron chi connectivity index (χ0n) is 11.4. The highest BCUT2D eigenvalue weighted by atomic mass is 79.9. The molecule has 2 amide bonds. The number of pyridine rings is 1. The maximum absolute atomic E-state index is 12.4. The molecule has 2 fully saturated rings. The van der Waals surface area contributed by atoms with Crippen LogP contribution in [0.15, 0.2) is 22.9 Å². The molecule has 0 aromatic carbocycles. The molecule has 1 aromatic heterocycles. The summed E-state index contributed by atoms with van der Waals surface area (Å²) in [6.07, 6.45) is 6.20. The summed E-state index contributed by atoms with van der Waals surface area (Å²) in [5.74, 6) is 0.402. The fraction of sp³-hybridized carbons (Fsp3) is 0.533. The van der Waals surface area contributed by atoms with Gasteiger partial charge in [-0.1, -0.05) is 13.3 Å². The number of carbonyl (C=O) groups is 2. The van der Waals surface area contributed by atoms with Gasteiger partial charge in [0.15, 0.2) is 0 Å². The monoisotopic (exact) mass is 336 g/mol. The van der Waals surface area contributed by atoms with Crippen LogP contribution in [-0.2, 0) is 16.1 Å². The average Bonchev–Trinajstić information content (AvgIpc) is 2.95. The Morgan fingerprint density at radius 1 is 1.25 bits per heavy atom. The Morgan fingerprint density at radius 2 is 1.90 bits per heavy atom. The molecule has 0 spiro atoms. The van der Waals surface area contributed by atoms with E-state index in [1.165, 1.54) is 4.90 Å². The number of rotatable bonds is 3. The highest BCUT2D eigenvalue weighted by Gasteiger charge is 2.51. The van der Waals surface area contributed by atoms with Crippen molar-refractivity contribution in [2.45, 2.75) is 32.7 Å². The molecule has 3 rings (SSSR count). The van der Waals surface area contributed by atoms with Crippen molar-refractivity contribution in [2.24, 2.45) is 17.8 Å². The van der Waals surface area contributed by atoms with E-state index in [0.717, 1.165) is 29.3 Å². The lowest BCUT2D eigenvalue weighted by Gasteiger charge is -2.17. The van der Waals surface area contributed by atoms with Gasteiger partial charge in [0.25, 0.3) is 0 Å². The Balaban J connectivity index is 1.77. The summed E-state index contributed by atoms with van der Waals surface area (Å²) in [6, 6.07) is 1.90. The molecule has 106 valence electrons. The summed E-state index contributed by atoms with van der Waals surface area (Å²) < 4.78 is 0.861. The molecule has 2 unspecified atom stereocenters. The van der Waals surface area contributed by atoms with Crippen molar-refractivity contribution in [1.29, 1.82) is 0 Å². The van der Waals surface area contributed by atoms with Gasteiger partial charge in [0, 0.05) is 16.9 Å². The molecule has 2 aliphatic rings. The molecular formula is C15H17BrN2O2. The number of aromatic nitrogens is 1. The zero-order chi connectivity index (χ0) is 14.3. The van der Waals surface area contributed by atoms with Crippen molar-refractivity contribution in [3.05, 3.63) is 28.5 Å². The molecule has 5 heteroatoms. The Morgan fingerprint density at radius 3 is 2.45 bits per heavy atom. The largest absolute Gasteiger partial charge is 0.278 e. The van der Waals surface area contributed by atoms with Crippen molar-refractivity contribution in [3.63, 3.8) is 0 Å². The first-order chi connectivity index (χ1) is 9.60. The second kappa shape index (κ2) is 5.28. The standard InChI is InChI=1S/C15H17BrN2O2/c1-2-9-4-12-13(5-9)15(20)18(14(12)19)8-10-3-11(16)7-17-6-10/h3,6-7,9,12-13H,2,4-5,8H2,1H3. The third kappa shape index (κ3) is 2.28. The van der Waals surface area contributed by atoms with Gasteiger partial charge in [0.05, 0.1) is 18.4 Å². The van der Waals surface area contributed by atoms with Gasteiger partial charge in [0.1, 0.15) is 0 Å². The SMILES string of the molecule is CCC1CC2C(=O)N(Cc3cncc(Br)c3)C(=O)C2C1. The first-order valence-electron chi connectivity index (χ1n) is 7.04. The summed E-state index contributed by atoms with van der Waals surface area (Å²) in [4.78, 5) is 30.3. The number of fused-ring (bicyclic) bond motifs is 1. The zero-order valence-corrected chi connectivity index (χ0v) is 13.0. The van der Waals surface area contributed by atoms with E-state index in [1.54, 1.807) is 12.4 Å². The number of halogens is 1. The lowest BCUT2D eigenvalue weighted by Crippen LogP contribution is -2.31. The molecule has 1 aliphatic heterocycles. The molecule has 4 nitrogen and oxygen atoms in total. The molecule has 1 saturated carbocycles. The molecule has 0 N–H and O–H groups in total. The van der Waals surface area contributed by atoms with Crippen LogP contribution in [0.25, 0.3) is 0 Å². The molecule has 1 aromatic rings. The minimum absolute atomic E-state index is 0.0101. The highest BCUT2D eigenvalue weighted by molar-refractivity contribution is 9.10. The quantitative estimate of drug-likeness (QED) is 0.797. The molecule has 2 atom stereocenters. The second-order valence-electron chi connectivity index (χ2n) is 5.73. The van der Waals surface area contributed by atoms with E-state index in [1.807, 2.05) is 6.07 Å². The van der Waals surface area contributed by atoms with Gasteiger partial charge in [-0.3, -0.25) is 19.5 Å². The van der Waals surface area contributed by atoms with Crippen LogP contribution < -0.4 is 0 Å². The summed E-state index contributed by atoms with van der Waals surface area (Å²) in [5, 5.41) is 0. The smallest absolute Gasteiger partial charge is 0.233 e. The highest BCUT2D eigenvalue weighted by Crippen LogP contribution is 2.44. The van der Waals surface area contributed by atoms with Gasteiger partial charge >= 0.3 is 0 Å². The first kappa shape index (κ1) is 13.7. The van der Waals surface area contributed by atoms with Crippen LogP contribution in [0.2, 0.25) is 0 Å². The van der Waals surface area contributed by atoms with Crippen LogP contribution >= 0.6 is 15.9 Å². The number of nitrogens with zero attached hydrogens (tertiary/aromatic N) is 2. The maximum atomic E-state index is 12.4. The molecule has 0 radical (unpaired) electrons. The van der Waals surface area contributed by atoms with Crippen molar-refractivity contribution < 1.29 is 9.59 Å². The third-order valence-electron chi connectivity index (χ3n) is 4.51. The Labute approximate surface area is 126 Å². The van der Waals surface area contributed by atoms with Crippen LogP contribution in [0.5, 0.6) is 0 Å². The second-order valence-corrected chi connectivity index (χ2v) is 6.65. The number of hydrogen-bond acceptors (Lipinski definition) is 3. The predicted molar refractivity (Wildman–Crippen MR) is 77.5 cm³/mol. The van der Waals surface area contributed by atoms with Gasteiger partial charge in [-0.15, -0.1) is 0 Å². The van der Waals surface area contributed by atoms with E-state index < -0.39 is 0 Å². The number of carbonyl (C=O) groups excluding carboxylic acids is 2. The van der Waals surface area contributed by atoms with Crippen molar-refractivity contribution >= 4 is 27.7 Å². The molecule has 0 bridgehead atoms. The molecule has 1 aliphatic carbocycles. The van der Waals surface area contributed by atoms with Gasteiger partial charge in [-0.05, 0) is 46.3 Å². The van der Waals surface area contributed by atoms with Crippen molar-refractivity contribution in [3.8, 4) is 0 Å². The van der Waals surface area contributed by atoms with E-state index in [9.17, 15) is 9.59 Å². The van der Waals surface area contributed by atoms with Crippen molar-refractivity contribution in [1.82, 2.24) is 9.88 Å². The van der Waals surface area contributed by atoms with Gasteiger partial charge in [-0.25, -0.2) is 0 Å². The van der Waals surface area contributed by atoms with Crippen LogP contribution in [0.1, 0.15) is 31.7 Å². The van der Waals surface area contributed by atoms with E-state index in [4.69, 9.17) is 0 Å². The Hall–Kier alpha value is -1.23. The minimum Gasteiger partial charge on any atom is -0.278 e. The van der Waals surface area contributed by atoms with Crippen LogP contribution in [-0.4, -0.2) is 21.7 Å². The van der Waals surface area contributed by atoms with E-state index >= 15 is 0 Å². The summed E-state index contributed by atoms with van der Waals surface area (Å²) in [7, 11) is 0. The Kier molecular flexibility index (Phi) is 3.63. The lowest BCUT2D eigenvalue weighted by atomic mass is 10.00. The summed E-state index contributed by atoms with van der Waals surface area (Å²) in [6.45, 7) is 2.47. The van der Waals surface area contributed by atoms with E-state index in [2.05, 4.69) is 27.8 Å². The number of hydrogen-bond donors (Lipinski definition) is 0. The van der Waals surface area contributed by atoms with Gasteiger partial charge in [-0.2, -0.15) is 0 Å². The molecule has 1 saturated heterocycles. The Bertz CT molecular complexity index is 537. The summed E-state index contributed by atoms with van der Waals surface area (Å²) in [5.41, 5.74) is 0.882. The predicted octanol–water partition coefficient (Wildman–Crippen LogP) is 2.77. The topological polar surface area (TPSA) is 50.3 Å². The minimum atomic E-state index is -0.0763. The number of likely N-dealkylation sites (tertiary alicyclic amines) is 1.